The van der Waals surface area contributed by atoms with E-state index in [2.05, 4.69) is 47.1 Å². The van der Waals surface area contributed by atoms with Crippen LogP contribution in [0.1, 0.15) is 10.4 Å². The van der Waals surface area contributed by atoms with Crippen molar-refractivity contribution in [1.82, 2.24) is 20.4 Å². The Labute approximate surface area is 149 Å². The normalized spacial score (nSPS) is 10.2. The summed E-state index contributed by atoms with van der Waals surface area (Å²) in [5.74, 6) is 0.379. The van der Waals surface area contributed by atoms with Crippen molar-refractivity contribution in [1.29, 1.82) is 0 Å². The Hall–Kier alpha value is -2.72. The van der Waals surface area contributed by atoms with E-state index in [1.54, 1.807) is 30.5 Å². The zero-order chi connectivity index (χ0) is 16.9. The van der Waals surface area contributed by atoms with Gasteiger partial charge in [-0.2, -0.15) is 0 Å². The highest BCUT2D eigenvalue weighted by Gasteiger charge is 2.11. The first-order chi connectivity index (χ1) is 11.6. The maximum atomic E-state index is 12.1. The lowest BCUT2D eigenvalue weighted by Crippen LogP contribution is -2.30. The van der Waals surface area contributed by atoms with Crippen LogP contribution in [0, 0.1) is 0 Å². The van der Waals surface area contributed by atoms with Crippen molar-refractivity contribution in [2.75, 3.05) is 16.5 Å². The fourth-order valence-corrected chi connectivity index (χ4v) is 2.56. The zero-order valence-corrected chi connectivity index (χ0v) is 14.6. The first-order valence-electron chi connectivity index (χ1n) is 6.72. The zero-order valence-electron chi connectivity index (χ0n) is 12.2. The maximum absolute atomic E-state index is 12.1. The molecule has 0 radical (unpaired) electrons. The van der Waals surface area contributed by atoms with Crippen molar-refractivity contribution in [3.63, 3.8) is 0 Å². The molecular formula is C14H12BrN7OS. The maximum Gasteiger partial charge on any atom is 0.269 e. The van der Waals surface area contributed by atoms with Gasteiger partial charge in [0.25, 0.3) is 5.91 Å². The highest BCUT2D eigenvalue weighted by molar-refractivity contribution is 9.10. The number of nitrogens with zero attached hydrogens (tertiary/aromatic N) is 3. The number of carbonyl (C=O) groups is 1. The fraction of sp³-hybridized carbons (Fsp3) is 0. The second-order valence-electron chi connectivity index (χ2n) is 4.53. The number of nitrogens with one attached hydrogen (secondary N) is 3. The van der Waals surface area contributed by atoms with Crippen LogP contribution in [-0.4, -0.2) is 20.9 Å². The molecule has 0 aliphatic heterocycles. The van der Waals surface area contributed by atoms with Gasteiger partial charge in [-0.3, -0.25) is 15.6 Å². The molecule has 10 heteroatoms. The number of nitrogen functional groups attached to an aromatic ring is 1. The minimum absolute atomic E-state index is 0.267. The molecule has 0 spiro atoms. The third kappa shape index (κ3) is 3.78. The van der Waals surface area contributed by atoms with E-state index in [0.29, 0.717) is 16.5 Å². The SMILES string of the molecule is Nc1c(NNC(=O)c2ccc(Br)cc2)ncnc1Nc1nccs1. The van der Waals surface area contributed by atoms with Gasteiger partial charge >= 0.3 is 0 Å². The minimum Gasteiger partial charge on any atom is -0.393 e. The number of anilines is 4. The molecule has 0 aliphatic rings. The minimum atomic E-state index is -0.310. The molecule has 2 aromatic heterocycles. The second-order valence-corrected chi connectivity index (χ2v) is 6.34. The van der Waals surface area contributed by atoms with E-state index >= 15 is 0 Å². The van der Waals surface area contributed by atoms with Crippen LogP contribution in [0.5, 0.6) is 0 Å². The fourth-order valence-electron chi connectivity index (χ4n) is 1.77. The number of benzene rings is 1. The van der Waals surface area contributed by atoms with Gasteiger partial charge in [0.2, 0.25) is 0 Å². The quantitative estimate of drug-likeness (QED) is 0.481. The molecule has 2 heterocycles. The smallest absolute Gasteiger partial charge is 0.269 e. The number of hydrazine groups is 1. The van der Waals surface area contributed by atoms with Gasteiger partial charge in [-0.25, -0.2) is 15.0 Å². The van der Waals surface area contributed by atoms with Crippen LogP contribution in [-0.2, 0) is 0 Å². The molecule has 0 aliphatic carbocycles. The predicted molar refractivity (Wildman–Crippen MR) is 97.1 cm³/mol. The lowest BCUT2D eigenvalue weighted by molar-refractivity contribution is 0.0962. The Morgan fingerprint density at radius 1 is 1.12 bits per heavy atom. The van der Waals surface area contributed by atoms with Crippen molar-refractivity contribution in [3.05, 3.63) is 52.2 Å². The number of carbonyl (C=O) groups excluding carboxylic acids is 1. The summed E-state index contributed by atoms with van der Waals surface area (Å²) in [6.07, 6.45) is 3.00. The van der Waals surface area contributed by atoms with Crippen molar-refractivity contribution in [2.45, 2.75) is 0 Å². The molecule has 0 atom stereocenters. The van der Waals surface area contributed by atoms with E-state index in [1.807, 2.05) is 5.38 Å². The van der Waals surface area contributed by atoms with Crippen LogP contribution in [0.25, 0.3) is 0 Å². The summed E-state index contributed by atoms with van der Waals surface area (Å²) >= 11 is 4.74. The largest absolute Gasteiger partial charge is 0.393 e. The van der Waals surface area contributed by atoms with E-state index in [4.69, 9.17) is 5.73 Å². The van der Waals surface area contributed by atoms with E-state index < -0.39 is 0 Å². The number of halogens is 1. The molecule has 3 aromatic rings. The van der Waals surface area contributed by atoms with Gasteiger partial charge < -0.3 is 11.1 Å². The van der Waals surface area contributed by atoms with Crippen LogP contribution in [0.15, 0.2) is 46.6 Å². The van der Waals surface area contributed by atoms with Gasteiger partial charge in [0.05, 0.1) is 0 Å². The van der Waals surface area contributed by atoms with Gasteiger partial charge in [-0.1, -0.05) is 15.9 Å². The molecular weight excluding hydrogens is 394 g/mol. The Morgan fingerprint density at radius 3 is 2.58 bits per heavy atom. The molecule has 0 fully saturated rings. The van der Waals surface area contributed by atoms with Crippen molar-refractivity contribution in [3.8, 4) is 0 Å². The average Bonchev–Trinajstić information content (AvgIpc) is 3.09. The monoisotopic (exact) mass is 405 g/mol. The lowest BCUT2D eigenvalue weighted by atomic mass is 10.2. The molecule has 0 unspecified atom stereocenters. The molecule has 5 N–H and O–H groups in total. The Morgan fingerprint density at radius 2 is 1.88 bits per heavy atom. The molecule has 0 saturated carbocycles. The van der Waals surface area contributed by atoms with Gasteiger partial charge in [0, 0.05) is 21.6 Å². The van der Waals surface area contributed by atoms with Crippen LogP contribution >= 0.6 is 27.3 Å². The summed E-state index contributed by atoms with van der Waals surface area (Å²) in [5, 5.41) is 5.48. The summed E-state index contributed by atoms with van der Waals surface area (Å²) in [6, 6.07) is 6.95. The molecule has 24 heavy (non-hydrogen) atoms. The number of thiazole rings is 1. The average molecular weight is 406 g/mol. The van der Waals surface area contributed by atoms with Crippen molar-refractivity contribution in [2.24, 2.45) is 0 Å². The standard InChI is InChI=1S/C14H12BrN7OS/c15-9-3-1-8(2-4-9)13(23)22-21-12-10(16)11(18-7-19-12)20-14-17-5-6-24-14/h1-7H,16H2,(H,22,23)(H2,17,18,19,20,21). The highest BCUT2D eigenvalue weighted by Crippen LogP contribution is 2.26. The van der Waals surface area contributed by atoms with Gasteiger partial charge in [0.15, 0.2) is 16.8 Å². The van der Waals surface area contributed by atoms with Crippen LogP contribution in [0.4, 0.5) is 22.5 Å². The van der Waals surface area contributed by atoms with E-state index in [1.165, 1.54) is 17.7 Å². The van der Waals surface area contributed by atoms with Gasteiger partial charge in [-0.15, -0.1) is 11.3 Å². The molecule has 0 saturated heterocycles. The number of nitrogens with two attached hydrogens (primary N) is 1. The van der Waals surface area contributed by atoms with E-state index in [0.717, 1.165) is 4.47 Å². The van der Waals surface area contributed by atoms with Crippen molar-refractivity contribution < 1.29 is 4.79 Å². The van der Waals surface area contributed by atoms with Crippen LogP contribution in [0.3, 0.4) is 0 Å². The van der Waals surface area contributed by atoms with Gasteiger partial charge in [0.1, 0.15) is 12.0 Å². The van der Waals surface area contributed by atoms with E-state index in [-0.39, 0.29) is 17.4 Å². The van der Waals surface area contributed by atoms with Crippen LogP contribution < -0.4 is 21.9 Å². The first-order valence-corrected chi connectivity index (χ1v) is 8.39. The Kier molecular flexibility index (Phi) is 4.87. The Balaban J connectivity index is 1.69. The second kappa shape index (κ2) is 7.23. The molecule has 0 bridgehead atoms. The molecule has 8 nitrogen and oxygen atoms in total. The van der Waals surface area contributed by atoms with Crippen LogP contribution in [0.2, 0.25) is 0 Å². The third-order valence-electron chi connectivity index (χ3n) is 2.94. The number of hydrogen-bond acceptors (Lipinski definition) is 8. The molecule has 122 valence electrons. The number of aromatic nitrogens is 3. The number of hydrogen-bond donors (Lipinski definition) is 4. The highest BCUT2D eigenvalue weighted by atomic mass is 79.9. The number of amides is 1. The topological polar surface area (TPSA) is 118 Å². The molecule has 3 rings (SSSR count). The molecule has 1 aromatic carbocycles. The molecule has 1 amide bonds. The third-order valence-corrected chi connectivity index (χ3v) is 4.16. The van der Waals surface area contributed by atoms with Crippen molar-refractivity contribution >= 4 is 55.6 Å². The predicted octanol–water partition coefficient (Wildman–Crippen LogP) is 2.78. The Bertz CT molecular complexity index is 839. The van der Waals surface area contributed by atoms with Gasteiger partial charge in [-0.05, 0) is 24.3 Å². The summed E-state index contributed by atoms with van der Waals surface area (Å²) < 4.78 is 0.893. The lowest BCUT2D eigenvalue weighted by Gasteiger charge is -2.12. The number of rotatable bonds is 5. The van der Waals surface area contributed by atoms with E-state index in [9.17, 15) is 4.79 Å². The summed E-state index contributed by atoms with van der Waals surface area (Å²) in [4.78, 5) is 24.3. The first kappa shape index (κ1) is 16.1. The summed E-state index contributed by atoms with van der Waals surface area (Å²) in [5.41, 5.74) is 12.0. The summed E-state index contributed by atoms with van der Waals surface area (Å²) in [7, 11) is 0. The summed E-state index contributed by atoms with van der Waals surface area (Å²) in [6.45, 7) is 0.